The lowest BCUT2D eigenvalue weighted by Crippen LogP contribution is -2.35. The van der Waals surface area contributed by atoms with E-state index in [9.17, 15) is 9.59 Å². The van der Waals surface area contributed by atoms with Gasteiger partial charge in [0.1, 0.15) is 12.1 Å². The smallest absolute Gasteiger partial charge is 0.323 e. The Balaban J connectivity index is 2.32. The van der Waals surface area contributed by atoms with E-state index >= 15 is 0 Å². The van der Waals surface area contributed by atoms with E-state index in [-0.39, 0.29) is 12.5 Å². The molecule has 0 unspecified atom stereocenters. The van der Waals surface area contributed by atoms with Crippen molar-refractivity contribution in [2.24, 2.45) is 7.05 Å². The van der Waals surface area contributed by atoms with Crippen LogP contribution in [0.5, 0.6) is 0 Å². The highest BCUT2D eigenvalue weighted by molar-refractivity contribution is 5.98. The molecule has 0 aliphatic carbocycles. The predicted molar refractivity (Wildman–Crippen MR) is 67.7 cm³/mol. The van der Waals surface area contributed by atoms with Crippen LogP contribution in [-0.4, -0.2) is 50.0 Å². The highest BCUT2D eigenvalue weighted by Gasteiger charge is 2.17. The van der Waals surface area contributed by atoms with E-state index in [4.69, 9.17) is 5.11 Å². The van der Waals surface area contributed by atoms with Crippen LogP contribution in [0.15, 0.2) is 18.2 Å². The van der Waals surface area contributed by atoms with Gasteiger partial charge in [-0.2, -0.15) is 0 Å². The highest BCUT2D eigenvalue weighted by Crippen LogP contribution is 2.14. The third kappa shape index (κ3) is 2.54. The average Bonchev–Trinajstić information content (AvgIpc) is 2.76. The van der Waals surface area contributed by atoms with Crippen molar-refractivity contribution in [3.63, 3.8) is 0 Å². The van der Waals surface area contributed by atoms with Gasteiger partial charge >= 0.3 is 5.97 Å². The zero-order valence-corrected chi connectivity index (χ0v) is 10.7. The summed E-state index contributed by atoms with van der Waals surface area (Å²) in [6.07, 6.45) is 0. The van der Waals surface area contributed by atoms with Crippen molar-refractivity contribution in [2.75, 3.05) is 13.1 Å². The number of nitrogens with zero attached hydrogens (tertiary/aromatic N) is 4. The van der Waals surface area contributed by atoms with Crippen LogP contribution in [0, 0.1) is 0 Å². The molecule has 0 saturated carbocycles. The fourth-order valence-corrected chi connectivity index (χ4v) is 1.85. The summed E-state index contributed by atoms with van der Waals surface area (Å²) in [5.41, 5.74) is 1.84. The highest BCUT2D eigenvalue weighted by atomic mass is 16.4. The van der Waals surface area contributed by atoms with E-state index in [0.29, 0.717) is 17.6 Å². The van der Waals surface area contributed by atoms with E-state index in [2.05, 4.69) is 10.3 Å². The van der Waals surface area contributed by atoms with Crippen LogP contribution in [0.1, 0.15) is 17.3 Å². The summed E-state index contributed by atoms with van der Waals surface area (Å²) < 4.78 is 1.61. The summed E-state index contributed by atoms with van der Waals surface area (Å²) in [6.45, 7) is 1.76. The van der Waals surface area contributed by atoms with Crippen LogP contribution in [0.3, 0.4) is 0 Å². The molecule has 100 valence electrons. The lowest BCUT2D eigenvalue weighted by molar-refractivity contribution is -0.137. The van der Waals surface area contributed by atoms with Gasteiger partial charge in [-0.3, -0.25) is 9.59 Å². The molecule has 2 rings (SSSR count). The fraction of sp³-hybridized carbons (Fsp3) is 0.333. The van der Waals surface area contributed by atoms with Gasteiger partial charge in [-0.15, -0.1) is 5.10 Å². The number of carboxylic acid groups (broad SMARTS) is 1. The fourth-order valence-electron chi connectivity index (χ4n) is 1.85. The first-order valence-corrected chi connectivity index (χ1v) is 5.83. The molecule has 7 heteroatoms. The Morgan fingerprint density at radius 1 is 1.42 bits per heavy atom. The Bertz CT molecular complexity index is 635. The van der Waals surface area contributed by atoms with Gasteiger partial charge in [0.05, 0.1) is 5.52 Å². The molecular formula is C12H14N4O3. The van der Waals surface area contributed by atoms with Crippen LogP contribution in [0.4, 0.5) is 0 Å². The number of likely N-dealkylation sites (N-methyl/N-ethyl adjacent to an activating group) is 1. The lowest BCUT2D eigenvalue weighted by atomic mass is 10.1. The van der Waals surface area contributed by atoms with Crippen molar-refractivity contribution in [3.8, 4) is 0 Å². The normalized spacial score (nSPS) is 10.6. The number of amides is 1. The standard InChI is InChI=1S/C12H14N4O3/c1-3-16(7-11(17)18)12(19)8-4-5-10-9(6-8)13-14-15(10)2/h4-6H,3,7H2,1-2H3,(H,17,18). The van der Waals surface area contributed by atoms with Crippen LogP contribution in [0.2, 0.25) is 0 Å². The van der Waals surface area contributed by atoms with Crippen LogP contribution < -0.4 is 0 Å². The second kappa shape index (κ2) is 5.05. The summed E-state index contributed by atoms with van der Waals surface area (Å²) >= 11 is 0. The summed E-state index contributed by atoms with van der Waals surface area (Å²) in [7, 11) is 1.76. The van der Waals surface area contributed by atoms with Crippen molar-refractivity contribution in [1.29, 1.82) is 0 Å². The van der Waals surface area contributed by atoms with Crippen LogP contribution in [-0.2, 0) is 11.8 Å². The SMILES string of the molecule is CCN(CC(=O)O)C(=O)c1ccc2c(c1)nnn2C. The number of hydrogen-bond acceptors (Lipinski definition) is 4. The molecule has 0 aliphatic heterocycles. The monoisotopic (exact) mass is 262 g/mol. The van der Waals surface area contributed by atoms with Crippen molar-refractivity contribution in [3.05, 3.63) is 23.8 Å². The minimum absolute atomic E-state index is 0.312. The van der Waals surface area contributed by atoms with E-state index in [1.165, 1.54) is 4.90 Å². The Morgan fingerprint density at radius 3 is 2.79 bits per heavy atom. The number of hydrogen-bond donors (Lipinski definition) is 1. The van der Waals surface area contributed by atoms with Gasteiger partial charge in [0, 0.05) is 19.2 Å². The van der Waals surface area contributed by atoms with Gasteiger partial charge in [0.25, 0.3) is 5.91 Å². The summed E-state index contributed by atoms with van der Waals surface area (Å²) in [5.74, 6) is -1.35. The molecule has 1 heterocycles. The zero-order chi connectivity index (χ0) is 14.0. The number of carboxylic acids is 1. The van der Waals surface area contributed by atoms with Gasteiger partial charge in [-0.1, -0.05) is 5.21 Å². The quantitative estimate of drug-likeness (QED) is 0.867. The van der Waals surface area contributed by atoms with Crippen molar-refractivity contribution >= 4 is 22.9 Å². The molecule has 1 aromatic heterocycles. The molecule has 2 aromatic rings. The molecule has 19 heavy (non-hydrogen) atoms. The predicted octanol–water partition coefficient (Wildman–Crippen LogP) is 0.515. The first kappa shape index (κ1) is 13.0. The number of carbonyl (C=O) groups is 2. The molecule has 0 saturated heterocycles. The van der Waals surface area contributed by atoms with Gasteiger partial charge < -0.3 is 10.0 Å². The number of benzene rings is 1. The number of fused-ring (bicyclic) bond motifs is 1. The van der Waals surface area contributed by atoms with Gasteiger partial charge in [-0.05, 0) is 25.1 Å². The Kier molecular flexibility index (Phi) is 3.46. The lowest BCUT2D eigenvalue weighted by Gasteiger charge is -2.18. The minimum Gasteiger partial charge on any atom is -0.480 e. The second-order valence-electron chi connectivity index (χ2n) is 4.13. The minimum atomic E-state index is -1.03. The molecule has 0 radical (unpaired) electrons. The number of aromatic nitrogens is 3. The molecule has 0 aliphatic rings. The van der Waals surface area contributed by atoms with E-state index in [1.807, 2.05) is 0 Å². The number of carbonyl (C=O) groups excluding carboxylic acids is 1. The van der Waals surface area contributed by atoms with Crippen LogP contribution >= 0.6 is 0 Å². The molecule has 1 aromatic carbocycles. The maximum Gasteiger partial charge on any atom is 0.323 e. The molecule has 7 nitrogen and oxygen atoms in total. The number of aliphatic carboxylic acids is 1. The summed E-state index contributed by atoms with van der Waals surface area (Å²) in [4.78, 5) is 24.1. The largest absolute Gasteiger partial charge is 0.480 e. The van der Waals surface area contributed by atoms with E-state index < -0.39 is 5.97 Å². The van der Waals surface area contributed by atoms with Gasteiger partial charge in [0.2, 0.25) is 0 Å². The number of rotatable bonds is 4. The molecule has 0 fully saturated rings. The van der Waals surface area contributed by atoms with Crippen molar-refractivity contribution in [2.45, 2.75) is 6.92 Å². The maximum absolute atomic E-state index is 12.2. The summed E-state index contributed by atoms with van der Waals surface area (Å²) in [5, 5.41) is 16.6. The second-order valence-corrected chi connectivity index (χ2v) is 4.13. The zero-order valence-electron chi connectivity index (χ0n) is 10.7. The van der Waals surface area contributed by atoms with Crippen molar-refractivity contribution < 1.29 is 14.7 Å². The van der Waals surface area contributed by atoms with Gasteiger partial charge in [0.15, 0.2) is 0 Å². The van der Waals surface area contributed by atoms with E-state index in [0.717, 1.165) is 5.52 Å². The Hall–Kier alpha value is -2.44. The third-order valence-corrected chi connectivity index (χ3v) is 2.85. The Morgan fingerprint density at radius 2 is 2.16 bits per heavy atom. The topological polar surface area (TPSA) is 88.3 Å². The van der Waals surface area contributed by atoms with Crippen molar-refractivity contribution in [1.82, 2.24) is 19.9 Å². The maximum atomic E-state index is 12.2. The molecule has 1 N–H and O–H groups in total. The van der Waals surface area contributed by atoms with E-state index in [1.54, 1.807) is 36.9 Å². The summed E-state index contributed by atoms with van der Waals surface area (Å²) in [6, 6.07) is 5.02. The molecule has 0 spiro atoms. The third-order valence-electron chi connectivity index (χ3n) is 2.85. The molecule has 0 bridgehead atoms. The van der Waals surface area contributed by atoms with Gasteiger partial charge in [-0.25, -0.2) is 4.68 Å². The molecule has 1 amide bonds. The van der Waals surface area contributed by atoms with Crippen LogP contribution in [0.25, 0.3) is 11.0 Å². The molecule has 0 atom stereocenters. The number of aryl methyl sites for hydroxylation is 1. The molecular weight excluding hydrogens is 248 g/mol. The first-order valence-electron chi connectivity index (χ1n) is 5.83. The Labute approximate surface area is 109 Å². The average molecular weight is 262 g/mol. The first-order chi connectivity index (χ1) is 9.02.